The Balaban J connectivity index is 0.943. The lowest BCUT2D eigenvalue weighted by Gasteiger charge is -2.43. The summed E-state index contributed by atoms with van der Waals surface area (Å²) >= 11 is 0. The first-order chi connectivity index (χ1) is 51.1. The van der Waals surface area contributed by atoms with Crippen molar-refractivity contribution in [2.45, 2.75) is 331 Å². The number of hydrogen-bond donors (Lipinski definition) is 2. The second-order valence-corrected chi connectivity index (χ2v) is 44.5. The first-order valence-electron chi connectivity index (χ1n) is 42.0. The minimum absolute atomic E-state index is 0.0321. The molecule has 0 fully saturated rings. The van der Waals surface area contributed by atoms with Crippen molar-refractivity contribution in [2.75, 3.05) is 0 Å². The number of fused-ring (bicyclic) bond motifs is 8. The monoisotopic (exact) mass is 1490 g/mol. The van der Waals surface area contributed by atoms with Gasteiger partial charge in [-0.25, -0.2) is 8.78 Å². The molecule has 111 heavy (non-hydrogen) atoms. The molecule has 588 valence electrons. The summed E-state index contributed by atoms with van der Waals surface area (Å²) in [4.78, 5) is 0. The number of phenolic OH excluding ortho intramolecular Hbond substituents is 2. The number of halogens is 2. The zero-order chi connectivity index (χ0) is 81.0. The van der Waals surface area contributed by atoms with Crippen LogP contribution in [0.2, 0.25) is 0 Å². The lowest BCUT2D eigenvalue weighted by atomic mass is 9.62. The number of aromatic hydroxyl groups is 2. The topological polar surface area (TPSA) is 58.9 Å². The van der Waals surface area contributed by atoms with Crippen LogP contribution in [0.3, 0.4) is 0 Å². The lowest BCUT2D eigenvalue weighted by Crippen LogP contribution is -2.34. The summed E-state index contributed by atoms with van der Waals surface area (Å²) in [6, 6.07) is 42.5. The van der Waals surface area contributed by atoms with Gasteiger partial charge in [0.25, 0.3) is 0 Å². The fourth-order valence-corrected chi connectivity index (χ4v) is 21.5. The summed E-state index contributed by atoms with van der Waals surface area (Å²) in [5.41, 5.74) is 16.3. The third-order valence-electron chi connectivity index (χ3n) is 27.8. The van der Waals surface area contributed by atoms with Gasteiger partial charge in [-0.1, -0.05) is 216 Å². The number of hydrogen-bond acceptors (Lipinski definition) is 4. The Morgan fingerprint density at radius 3 is 1.07 bits per heavy atom. The molecule has 0 spiro atoms. The smallest absolute Gasteiger partial charge is 0.135 e. The molecule has 0 unspecified atom stereocenters. The fraction of sp³-hybridized carbons (Fsp3) is 0.505. The molecule has 10 aromatic rings. The van der Waals surface area contributed by atoms with Gasteiger partial charge < -0.3 is 19.7 Å². The molecule has 0 heterocycles. The van der Waals surface area contributed by atoms with Crippen LogP contribution in [0.5, 0.6) is 23.0 Å². The van der Waals surface area contributed by atoms with Crippen LogP contribution < -0.4 is 9.47 Å². The van der Waals surface area contributed by atoms with E-state index in [-0.39, 0.29) is 65.6 Å². The molecule has 0 saturated carbocycles. The van der Waals surface area contributed by atoms with Gasteiger partial charge in [-0.15, -0.1) is 0 Å². The summed E-state index contributed by atoms with van der Waals surface area (Å²) in [6.45, 7) is 65.2. The van der Waals surface area contributed by atoms with E-state index < -0.39 is 34.7 Å². The molecule has 0 bridgehead atoms. The Labute approximate surface area is 665 Å². The van der Waals surface area contributed by atoms with E-state index in [2.05, 4.69) is 266 Å². The highest BCUT2D eigenvalue weighted by Gasteiger charge is 2.45. The largest absolute Gasteiger partial charge is 0.507 e. The third kappa shape index (κ3) is 14.4. The minimum atomic E-state index is -0.575. The molecular formula is C105H130F2O4. The van der Waals surface area contributed by atoms with E-state index in [1.165, 1.54) is 68.8 Å². The van der Waals surface area contributed by atoms with Gasteiger partial charge in [0.1, 0.15) is 34.6 Å². The summed E-state index contributed by atoms with van der Waals surface area (Å²) in [6.07, 6.45) is 9.41. The number of rotatable bonds is 14. The lowest BCUT2D eigenvalue weighted by molar-refractivity contribution is 0.129. The Morgan fingerprint density at radius 1 is 0.351 bits per heavy atom. The van der Waals surface area contributed by atoms with E-state index in [0.717, 1.165) is 130 Å². The van der Waals surface area contributed by atoms with Gasteiger partial charge in [0, 0.05) is 45.4 Å². The maximum atomic E-state index is 16.8. The zero-order valence-electron chi connectivity index (χ0n) is 72.9. The highest BCUT2D eigenvalue weighted by atomic mass is 19.1. The summed E-state index contributed by atoms with van der Waals surface area (Å²) in [5.74, 6) is 0.169. The van der Waals surface area contributed by atoms with Gasteiger partial charge in [0.05, 0.1) is 17.8 Å². The van der Waals surface area contributed by atoms with Crippen LogP contribution in [0.4, 0.5) is 8.78 Å². The van der Waals surface area contributed by atoms with Crippen LogP contribution in [0.25, 0.3) is 87.6 Å². The number of phenols is 2. The molecule has 0 radical (unpaired) electrons. The summed E-state index contributed by atoms with van der Waals surface area (Å²) in [7, 11) is 0. The van der Waals surface area contributed by atoms with Crippen molar-refractivity contribution in [3.63, 3.8) is 0 Å². The summed E-state index contributed by atoms with van der Waals surface area (Å²) in [5, 5.41) is 36.8. The molecule has 4 nitrogen and oxygen atoms in total. The Kier molecular flexibility index (Phi) is 19.0. The first kappa shape index (κ1) is 79.9. The Morgan fingerprint density at radius 2 is 0.694 bits per heavy atom. The second-order valence-electron chi connectivity index (χ2n) is 44.5. The number of ether oxygens (including phenoxy) is 2. The maximum Gasteiger partial charge on any atom is 0.135 e. The molecule has 0 aliphatic heterocycles. The standard InChI is InChI=1S/C105H130F2O4/c1-60(110-87-33-32-69(107)52-74(87)75-50-67(104(25,26)58-94(3,4)5)51-76(91(75)108)89-70-53-82-78(96(9,10)34-38-100(82,17)18)46-63(70)43-64-47-79-83(54-71(64)89)101(19,20)39-35-97(79,11)12)42-61(2)111-93-86(105(27,28)59-95(6,7)8)57-77(92(109)88(93)62-30-29-31-68(106)45-62)90-72-55-84-80(98(13,14)36-40-102(84,21)22)48-65(72)44-66-49-81-85(56-73(66)90)103(23,24)41-37-99(81,15)16/h29-33,43-57,60-61,108-109H,34-42,58-59H2,1-28H3/t60-,61+/m1/s1. The van der Waals surface area contributed by atoms with Crippen LogP contribution in [-0.4, -0.2) is 22.4 Å². The van der Waals surface area contributed by atoms with Crippen molar-refractivity contribution < 1.29 is 28.5 Å². The van der Waals surface area contributed by atoms with Gasteiger partial charge in [-0.3, -0.25) is 0 Å². The van der Waals surface area contributed by atoms with E-state index >= 15 is 8.78 Å². The predicted molar refractivity (Wildman–Crippen MR) is 468 cm³/mol. The van der Waals surface area contributed by atoms with Crippen molar-refractivity contribution >= 4 is 43.1 Å². The SMILES string of the molecule is C[C@H](C[C@H](C)Oc1c(C(C)(C)CC(C)(C)C)cc(-c2c3cc4c(cc3cc3cc5c(cc23)C(C)(C)CCC5(C)C)C(C)(C)CCC4(C)C)c(O)c1-c1cccc(F)c1)Oc1ccc(F)cc1-c1cc(C(C)(C)CC(C)(C)C)cc(-c2c3cc4c(cc3cc3cc5c(cc23)C(C)(C)CCC5(C)C)C(C)(C)CCC4(C)C)c1O. The molecule has 6 heteroatoms. The average molecular weight is 1490 g/mol. The minimum Gasteiger partial charge on any atom is -0.507 e. The van der Waals surface area contributed by atoms with Crippen molar-refractivity contribution in [2.24, 2.45) is 10.8 Å². The van der Waals surface area contributed by atoms with Crippen molar-refractivity contribution in [3.8, 4) is 67.5 Å². The Hall–Kier alpha value is -7.70. The quantitative estimate of drug-likeness (QED) is 0.107. The molecular weight excluding hydrogens is 1360 g/mol. The molecule has 10 aromatic carbocycles. The molecule has 2 atom stereocenters. The maximum absolute atomic E-state index is 16.8. The van der Waals surface area contributed by atoms with Gasteiger partial charge in [-0.2, -0.15) is 0 Å². The van der Waals surface area contributed by atoms with Crippen molar-refractivity contribution in [1.82, 2.24) is 0 Å². The zero-order valence-corrected chi connectivity index (χ0v) is 72.9. The van der Waals surface area contributed by atoms with E-state index in [0.29, 0.717) is 51.3 Å². The molecule has 4 aliphatic rings. The normalized spacial score (nSPS) is 19.3. The van der Waals surface area contributed by atoms with E-state index in [1.807, 2.05) is 13.0 Å². The molecule has 14 rings (SSSR count). The van der Waals surface area contributed by atoms with E-state index in [4.69, 9.17) is 9.47 Å². The molecule has 0 aromatic heterocycles. The highest BCUT2D eigenvalue weighted by molar-refractivity contribution is 6.17. The predicted octanol–water partition coefficient (Wildman–Crippen LogP) is 30.1. The number of benzene rings is 10. The van der Waals surface area contributed by atoms with Gasteiger partial charge >= 0.3 is 0 Å². The van der Waals surface area contributed by atoms with Crippen LogP contribution in [0, 0.1) is 22.5 Å². The second kappa shape index (κ2) is 26.4. The van der Waals surface area contributed by atoms with Crippen LogP contribution in [0.1, 0.15) is 320 Å². The molecule has 0 saturated heterocycles. The van der Waals surface area contributed by atoms with Crippen molar-refractivity contribution in [3.05, 3.63) is 189 Å². The van der Waals surface area contributed by atoms with E-state index in [1.54, 1.807) is 12.1 Å². The van der Waals surface area contributed by atoms with Gasteiger partial charge in [0.15, 0.2) is 0 Å². The van der Waals surface area contributed by atoms with E-state index in [9.17, 15) is 10.2 Å². The molecule has 2 N–H and O–H groups in total. The van der Waals surface area contributed by atoms with Crippen LogP contribution >= 0.6 is 0 Å². The summed E-state index contributed by atoms with van der Waals surface area (Å²) < 4.78 is 48.0. The molecule has 0 amide bonds. The van der Waals surface area contributed by atoms with Gasteiger partial charge in [-0.05, 0) is 327 Å². The van der Waals surface area contributed by atoms with Crippen LogP contribution in [-0.2, 0) is 54.1 Å². The van der Waals surface area contributed by atoms with Crippen molar-refractivity contribution in [1.29, 1.82) is 0 Å². The van der Waals surface area contributed by atoms with Gasteiger partial charge in [0.2, 0.25) is 0 Å². The third-order valence-corrected chi connectivity index (χ3v) is 27.8. The molecule has 4 aliphatic carbocycles. The average Bonchev–Trinajstić information content (AvgIpc) is 0.709. The van der Waals surface area contributed by atoms with Crippen LogP contribution in [0.15, 0.2) is 121 Å². The Bertz CT molecular complexity index is 5260. The highest BCUT2D eigenvalue weighted by Crippen LogP contribution is 2.60. The fourth-order valence-electron chi connectivity index (χ4n) is 21.5. The first-order valence-corrected chi connectivity index (χ1v) is 42.0.